The second-order valence-corrected chi connectivity index (χ2v) is 6.41. The van der Waals surface area contributed by atoms with Crippen LogP contribution >= 0.6 is 0 Å². The number of hydrogen-bond acceptors (Lipinski definition) is 5. The molecule has 0 spiro atoms. The van der Waals surface area contributed by atoms with Crippen molar-refractivity contribution in [2.24, 2.45) is 0 Å². The minimum Gasteiger partial charge on any atom is -0.504 e. The minimum atomic E-state index is -0.707. The third-order valence-electron chi connectivity index (χ3n) is 4.47. The number of rotatable bonds is 6. The Morgan fingerprint density at radius 1 is 1.21 bits per heavy atom. The van der Waals surface area contributed by atoms with Crippen LogP contribution in [0.15, 0.2) is 53.7 Å². The number of phenols is 1. The third-order valence-corrected chi connectivity index (χ3v) is 4.47. The van der Waals surface area contributed by atoms with Gasteiger partial charge in [0.25, 0.3) is 5.91 Å². The number of amides is 3. The zero-order valence-electron chi connectivity index (χ0n) is 16.4. The van der Waals surface area contributed by atoms with Crippen LogP contribution in [-0.4, -0.2) is 30.8 Å². The number of hydrogen-bond donors (Lipinski definition) is 4. The summed E-state index contributed by atoms with van der Waals surface area (Å²) in [5, 5.41) is 18.1. The van der Waals surface area contributed by atoms with Gasteiger partial charge in [0.15, 0.2) is 11.5 Å². The molecule has 0 aromatic heterocycles. The summed E-state index contributed by atoms with van der Waals surface area (Å²) in [7, 11) is 1.43. The molecule has 0 saturated heterocycles. The normalized spacial score (nSPS) is 16.0. The van der Waals surface area contributed by atoms with E-state index in [4.69, 9.17) is 9.47 Å². The molecule has 1 heterocycles. The first-order valence-electron chi connectivity index (χ1n) is 9.12. The smallest absolute Gasteiger partial charge is 0.319 e. The van der Waals surface area contributed by atoms with Gasteiger partial charge in [-0.05, 0) is 55.8 Å². The summed E-state index contributed by atoms with van der Waals surface area (Å²) in [5.74, 6) is 0.564. The summed E-state index contributed by atoms with van der Waals surface area (Å²) in [6.45, 7) is 4.12. The number of anilines is 1. The number of methoxy groups -OCH3 is 1. The summed E-state index contributed by atoms with van der Waals surface area (Å²) in [6, 6.07) is 10.6. The van der Waals surface area contributed by atoms with E-state index < -0.39 is 12.1 Å². The highest BCUT2D eigenvalue weighted by molar-refractivity contribution is 6.06. The molecule has 0 saturated carbocycles. The molecular formula is C21H23N3O5. The largest absolute Gasteiger partial charge is 0.504 e. The van der Waals surface area contributed by atoms with Gasteiger partial charge in [0, 0.05) is 11.4 Å². The summed E-state index contributed by atoms with van der Waals surface area (Å²) in [4.78, 5) is 25.0. The van der Waals surface area contributed by atoms with Crippen LogP contribution in [0.5, 0.6) is 17.2 Å². The van der Waals surface area contributed by atoms with Crippen LogP contribution < -0.4 is 25.4 Å². The molecule has 3 rings (SSSR count). The van der Waals surface area contributed by atoms with Gasteiger partial charge in [0.1, 0.15) is 5.75 Å². The van der Waals surface area contributed by atoms with Crippen molar-refractivity contribution in [3.05, 3.63) is 59.3 Å². The second kappa shape index (κ2) is 8.55. The summed E-state index contributed by atoms with van der Waals surface area (Å²) in [6.07, 6.45) is 0. The first kappa shape index (κ1) is 20.1. The average Bonchev–Trinajstić information content (AvgIpc) is 2.69. The van der Waals surface area contributed by atoms with Crippen molar-refractivity contribution in [2.75, 3.05) is 19.0 Å². The highest BCUT2D eigenvalue weighted by atomic mass is 16.5. The van der Waals surface area contributed by atoms with Crippen molar-refractivity contribution in [3.8, 4) is 17.2 Å². The van der Waals surface area contributed by atoms with Crippen LogP contribution in [0.1, 0.15) is 25.5 Å². The van der Waals surface area contributed by atoms with E-state index in [0.717, 1.165) is 0 Å². The maximum absolute atomic E-state index is 13.0. The molecule has 1 atom stereocenters. The zero-order valence-corrected chi connectivity index (χ0v) is 16.4. The van der Waals surface area contributed by atoms with E-state index >= 15 is 0 Å². The molecule has 0 fully saturated rings. The number of nitrogens with one attached hydrogen (secondary N) is 3. The zero-order chi connectivity index (χ0) is 21.0. The lowest BCUT2D eigenvalue weighted by Crippen LogP contribution is -2.45. The van der Waals surface area contributed by atoms with Crippen molar-refractivity contribution in [1.29, 1.82) is 0 Å². The van der Waals surface area contributed by atoms with Crippen LogP contribution in [0.25, 0.3) is 0 Å². The number of allylic oxidation sites excluding steroid dienone is 1. The Kier molecular flexibility index (Phi) is 5.92. The summed E-state index contributed by atoms with van der Waals surface area (Å²) >= 11 is 0. The molecule has 2 aromatic rings. The molecule has 152 valence electrons. The van der Waals surface area contributed by atoms with E-state index in [-0.39, 0.29) is 17.4 Å². The monoisotopic (exact) mass is 397 g/mol. The average molecular weight is 397 g/mol. The molecule has 8 nitrogen and oxygen atoms in total. The summed E-state index contributed by atoms with van der Waals surface area (Å²) in [5.41, 5.74) is 1.99. The Labute approximate surface area is 168 Å². The second-order valence-electron chi connectivity index (χ2n) is 6.41. The predicted molar refractivity (Wildman–Crippen MR) is 108 cm³/mol. The Balaban J connectivity index is 1.90. The van der Waals surface area contributed by atoms with Gasteiger partial charge in [0.2, 0.25) is 0 Å². The fourth-order valence-corrected chi connectivity index (χ4v) is 3.12. The molecular weight excluding hydrogens is 374 g/mol. The molecule has 0 unspecified atom stereocenters. The quantitative estimate of drug-likeness (QED) is 0.599. The van der Waals surface area contributed by atoms with Crippen LogP contribution in [0.2, 0.25) is 0 Å². The Hall–Kier alpha value is -3.68. The van der Waals surface area contributed by atoms with Gasteiger partial charge in [-0.15, -0.1) is 0 Å². The molecule has 1 aliphatic heterocycles. The van der Waals surface area contributed by atoms with Gasteiger partial charge in [-0.25, -0.2) is 4.79 Å². The molecule has 0 bridgehead atoms. The van der Waals surface area contributed by atoms with Crippen LogP contribution in [0.3, 0.4) is 0 Å². The van der Waals surface area contributed by atoms with Crippen molar-refractivity contribution in [1.82, 2.24) is 10.6 Å². The van der Waals surface area contributed by atoms with Gasteiger partial charge in [-0.3, -0.25) is 4.79 Å². The first-order valence-corrected chi connectivity index (χ1v) is 9.12. The van der Waals surface area contributed by atoms with Gasteiger partial charge < -0.3 is 30.5 Å². The van der Waals surface area contributed by atoms with Crippen LogP contribution in [-0.2, 0) is 4.79 Å². The lowest BCUT2D eigenvalue weighted by molar-refractivity contribution is -0.113. The summed E-state index contributed by atoms with van der Waals surface area (Å²) < 4.78 is 10.6. The van der Waals surface area contributed by atoms with Crippen LogP contribution in [0, 0.1) is 0 Å². The minimum absolute atomic E-state index is 0.0300. The van der Waals surface area contributed by atoms with E-state index in [0.29, 0.717) is 34.9 Å². The maximum Gasteiger partial charge on any atom is 0.319 e. The van der Waals surface area contributed by atoms with Crippen molar-refractivity contribution in [2.45, 2.75) is 19.9 Å². The number of carbonyl (C=O) groups excluding carboxylic acids is 2. The fourth-order valence-electron chi connectivity index (χ4n) is 3.12. The molecule has 1 aliphatic rings. The lowest BCUT2D eigenvalue weighted by Gasteiger charge is -2.29. The highest BCUT2D eigenvalue weighted by Crippen LogP contribution is 2.33. The maximum atomic E-state index is 13.0. The number of urea groups is 1. The van der Waals surface area contributed by atoms with Crippen molar-refractivity contribution < 1.29 is 24.2 Å². The number of aromatic hydroxyl groups is 1. The van der Waals surface area contributed by atoms with Crippen molar-refractivity contribution >= 4 is 17.6 Å². The van der Waals surface area contributed by atoms with Gasteiger partial charge >= 0.3 is 6.03 Å². The SMILES string of the molecule is CCOc1ccc(NC(=O)C2=C(C)NC(=O)N[C@@H]2c2ccc(O)c(OC)c2)cc1. The number of ether oxygens (including phenoxy) is 2. The number of benzene rings is 2. The topological polar surface area (TPSA) is 109 Å². The van der Waals surface area contributed by atoms with E-state index in [1.807, 2.05) is 6.92 Å². The fraction of sp³-hybridized carbons (Fsp3) is 0.238. The van der Waals surface area contributed by atoms with Crippen molar-refractivity contribution in [3.63, 3.8) is 0 Å². The molecule has 0 aliphatic carbocycles. The molecule has 4 N–H and O–H groups in total. The van der Waals surface area contributed by atoms with E-state index in [2.05, 4.69) is 16.0 Å². The first-order chi connectivity index (χ1) is 13.9. The van der Waals surface area contributed by atoms with Gasteiger partial charge in [-0.2, -0.15) is 0 Å². The Morgan fingerprint density at radius 2 is 1.93 bits per heavy atom. The Bertz CT molecular complexity index is 953. The Morgan fingerprint density at radius 3 is 2.59 bits per heavy atom. The third kappa shape index (κ3) is 4.43. The molecule has 3 amide bonds. The van der Waals surface area contributed by atoms with E-state index in [9.17, 15) is 14.7 Å². The predicted octanol–water partition coefficient (Wildman–Crippen LogP) is 3.07. The standard InChI is InChI=1S/C21H23N3O5/c1-4-29-15-8-6-14(7-9-15)23-20(26)18-12(2)22-21(27)24-19(18)13-5-10-16(25)17(11-13)28-3/h5-11,19,25H,4H2,1-3H3,(H,23,26)(H2,22,24,27)/t19-/m1/s1. The van der Waals surface area contributed by atoms with E-state index in [1.165, 1.54) is 13.2 Å². The highest BCUT2D eigenvalue weighted by Gasteiger charge is 2.31. The molecule has 8 heteroatoms. The van der Waals surface area contributed by atoms with Gasteiger partial charge in [0.05, 0.1) is 25.3 Å². The molecule has 0 radical (unpaired) electrons. The lowest BCUT2D eigenvalue weighted by atomic mass is 9.94. The number of carbonyl (C=O) groups is 2. The van der Waals surface area contributed by atoms with Crippen LogP contribution in [0.4, 0.5) is 10.5 Å². The molecule has 2 aromatic carbocycles. The number of phenolic OH excluding ortho intramolecular Hbond substituents is 1. The van der Waals surface area contributed by atoms with E-state index in [1.54, 1.807) is 43.3 Å². The van der Waals surface area contributed by atoms with Gasteiger partial charge in [-0.1, -0.05) is 6.07 Å². The molecule has 29 heavy (non-hydrogen) atoms.